The zero-order chi connectivity index (χ0) is 48.2. The molecule has 0 saturated heterocycles. The van der Waals surface area contributed by atoms with Crippen LogP contribution in [0.5, 0.6) is 0 Å². The van der Waals surface area contributed by atoms with E-state index in [4.69, 9.17) is 28.7 Å². The van der Waals surface area contributed by atoms with Gasteiger partial charge in [0.25, 0.3) is 0 Å². The van der Waals surface area contributed by atoms with Crippen LogP contribution in [-0.2, 0) is 0 Å². The van der Waals surface area contributed by atoms with Crippen LogP contribution in [0.3, 0.4) is 0 Å². The first-order valence-electron chi connectivity index (χ1n) is 26.7. The zero-order valence-corrected chi connectivity index (χ0v) is 43.5. The Balaban J connectivity index is 5.10. The fourth-order valence-corrected chi connectivity index (χ4v) is 7.82. The lowest BCUT2D eigenvalue weighted by Crippen LogP contribution is -2.43. The lowest BCUT2D eigenvalue weighted by atomic mass is 10.3. The molecule has 20 nitrogen and oxygen atoms in total. The zero-order valence-electron chi connectivity index (χ0n) is 43.5. The molecular formula is C46H114N20. The van der Waals surface area contributed by atoms with Crippen molar-refractivity contribution >= 4 is 0 Å². The highest BCUT2D eigenvalue weighted by Crippen LogP contribution is 1.95. The summed E-state index contributed by atoms with van der Waals surface area (Å²) in [6, 6.07) is 0. The molecule has 0 radical (unpaired) electrons. The first-order chi connectivity index (χ1) is 32.5. The monoisotopic (exact) mass is 947 g/mol. The van der Waals surface area contributed by atoms with E-state index in [0.717, 1.165) is 242 Å². The number of hydrogen-bond acceptors (Lipinski definition) is 20. The van der Waals surface area contributed by atoms with E-state index in [1.807, 2.05) is 7.05 Å². The molecule has 0 amide bonds. The van der Waals surface area contributed by atoms with E-state index in [1.165, 1.54) is 6.42 Å². The molecule has 19 N–H and O–H groups in total. The predicted molar refractivity (Wildman–Crippen MR) is 286 cm³/mol. The average molecular weight is 948 g/mol. The summed E-state index contributed by atoms with van der Waals surface area (Å²) in [7, 11) is 1.99. The van der Waals surface area contributed by atoms with Crippen LogP contribution in [0.25, 0.3) is 0 Å². The molecule has 20 heteroatoms. The van der Waals surface area contributed by atoms with Gasteiger partial charge in [-0.15, -0.1) is 0 Å². The van der Waals surface area contributed by atoms with E-state index in [2.05, 4.69) is 91.1 Å². The number of nitrogens with zero attached hydrogens (tertiary/aromatic N) is 6. The number of nitrogens with one attached hydrogen (secondary N) is 9. The SMILES string of the molecule is CCCNCCN(CCNCCN)CCNCCN(CCCNCCN(CCCNCN(CCC)CCN)CCNCCN(CCN)CCNCCNC)CCNCCN(CCN)CCN. The highest BCUT2D eigenvalue weighted by molar-refractivity contribution is 4.70. The maximum Gasteiger partial charge on any atom is 0.0480 e. The lowest BCUT2D eigenvalue weighted by molar-refractivity contribution is 0.240. The van der Waals surface area contributed by atoms with Crippen molar-refractivity contribution in [3.8, 4) is 0 Å². The van der Waals surface area contributed by atoms with Gasteiger partial charge in [-0.1, -0.05) is 13.8 Å². The Morgan fingerprint density at radius 1 is 0.258 bits per heavy atom. The fraction of sp³-hybridized carbons (Fsp3) is 1.00. The van der Waals surface area contributed by atoms with Crippen molar-refractivity contribution in [3.05, 3.63) is 0 Å². The first kappa shape index (κ1) is 65.2. The van der Waals surface area contributed by atoms with Crippen molar-refractivity contribution in [2.75, 3.05) is 262 Å². The molecule has 0 saturated carbocycles. The average Bonchev–Trinajstić information content (AvgIpc) is 3.31. The maximum absolute atomic E-state index is 5.94. The van der Waals surface area contributed by atoms with Crippen LogP contribution in [0.1, 0.15) is 39.5 Å². The molecule has 0 aromatic rings. The Labute approximate surface area is 406 Å². The van der Waals surface area contributed by atoms with Gasteiger partial charge in [0, 0.05) is 216 Å². The van der Waals surface area contributed by atoms with Crippen LogP contribution in [0.15, 0.2) is 0 Å². The summed E-state index contributed by atoms with van der Waals surface area (Å²) in [5.74, 6) is 0. The molecule has 0 aromatic heterocycles. The minimum Gasteiger partial charge on any atom is -0.329 e. The largest absolute Gasteiger partial charge is 0.329 e. The summed E-state index contributed by atoms with van der Waals surface area (Å²) >= 11 is 0. The van der Waals surface area contributed by atoms with Gasteiger partial charge in [-0.05, 0) is 72.0 Å². The van der Waals surface area contributed by atoms with E-state index >= 15 is 0 Å². The molecule has 0 aliphatic rings. The molecular weight excluding hydrogens is 833 g/mol. The summed E-state index contributed by atoms with van der Waals surface area (Å²) in [5.41, 5.74) is 29.2. The van der Waals surface area contributed by atoms with E-state index in [-0.39, 0.29) is 0 Å². The molecule has 0 aliphatic heterocycles. The first-order valence-corrected chi connectivity index (χ1v) is 26.7. The van der Waals surface area contributed by atoms with Crippen LogP contribution in [0, 0.1) is 0 Å². The lowest BCUT2D eigenvalue weighted by Gasteiger charge is -2.26. The molecule has 0 fully saturated rings. The molecule has 0 bridgehead atoms. The summed E-state index contributed by atoms with van der Waals surface area (Å²) in [6.07, 6.45) is 4.57. The van der Waals surface area contributed by atoms with Crippen molar-refractivity contribution in [1.82, 2.24) is 77.3 Å². The third-order valence-corrected chi connectivity index (χ3v) is 11.7. The van der Waals surface area contributed by atoms with Crippen molar-refractivity contribution in [2.24, 2.45) is 28.7 Å². The standard InChI is InChI=1S/C46H114N20/c1-4-13-53-19-43-65(44-21-55-16-8-47)45-28-59-25-38-61(37-23-57-26-40-63(32-9-48)33-10-49)30-6-14-54-20-36-62(31-7-15-60-46-66(29-5-2)35-12-51)39-24-58-27-42-64(34-11-50)41-22-56-18-17-52-3/h52-60H,4-51H2,1-3H3. The van der Waals surface area contributed by atoms with Gasteiger partial charge in [-0.25, -0.2) is 0 Å². The van der Waals surface area contributed by atoms with Crippen LogP contribution in [0.4, 0.5) is 0 Å². The quantitative estimate of drug-likeness (QED) is 0.0202. The second kappa shape index (κ2) is 53.5. The minimum absolute atomic E-state index is 0.666. The number of nitrogens with two attached hydrogens (primary N) is 5. The van der Waals surface area contributed by atoms with Gasteiger partial charge in [-0.2, -0.15) is 0 Å². The molecule has 0 aliphatic carbocycles. The van der Waals surface area contributed by atoms with Gasteiger partial charge in [0.1, 0.15) is 0 Å². The smallest absolute Gasteiger partial charge is 0.0480 e. The van der Waals surface area contributed by atoms with Gasteiger partial charge in [0.2, 0.25) is 0 Å². The molecule has 0 atom stereocenters. The second-order valence-corrected chi connectivity index (χ2v) is 17.5. The Hall–Kier alpha value is -0.800. The summed E-state index contributed by atoms with van der Waals surface area (Å²) in [5, 5.41) is 32.4. The molecule has 0 aromatic carbocycles. The van der Waals surface area contributed by atoms with Crippen LogP contribution in [0.2, 0.25) is 0 Å². The second-order valence-electron chi connectivity index (χ2n) is 17.5. The van der Waals surface area contributed by atoms with E-state index in [9.17, 15) is 0 Å². The van der Waals surface area contributed by atoms with Gasteiger partial charge in [0.05, 0.1) is 0 Å². The van der Waals surface area contributed by atoms with E-state index in [1.54, 1.807) is 0 Å². The molecule has 0 spiro atoms. The number of likely N-dealkylation sites (N-methyl/N-ethyl adjacent to an activating group) is 1. The highest BCUT2D eigenvalue weighted by Gasteiger charge is 2.10. The van der Waals surface area contributed by atoms with Gasteiger partial charge >= 0.3 is 0 Å². The Bertz CT molecular complexity index is 893. The van der Waals surface area contributed by atoms with Gasteiger partial charge in [-0.3, -0.25) is 19.6 Å². The third kappa shape index (κ3) is 44.4. The van der Waals surface area contributed by atoms with Gasteiger partial charge in [0.15, 0.2) is 0 Å². The minimum atomic E-state index is 0.666. The highest BCUT2D eigenvalue weighted by atomic mass is 15.2. The van der Waals surface area contributed by atoms with Crippen molar-refractivity contribution in [1.29, 1.82) is 0 Å². The predicted octanol–water partition coefficient (Wildman–Crippen LogP) is -4.91. The maximum atomic E-state index is 5.94. The Morgan fingerprint density at radius 2 is 0.576 bits per heavy atom. The normalized spacial score (nSPS) is 12.3. The summed E-state index contributed by atoms with van der Waals surface area (Å²) in [4.78, 5) is 15.0. The molecule has 66 heavy (non-hydrogen) atoms. The van der Waals surface area contributed by atoms with Crippen LogP contribution < -0.4 is 76.5 Å². The fourth-order valence-electron chi connectivity index (χ4n) is 7.82. The van der Waals surface area contributed by atoms with Gasteiger partial charge < -0.3 is 86.3 Å². The van der Waals surface area contributed by atoms with Crippen molar-refractivity contribution < 1.29 is 0 Å². The summed E-state index contributed by atoms with van der Waals surface area (Å²) in [6.45, 7) is 41.8. The van der Waals surface area contributed by atoms with E-state index < -0.39 is 0 Å². The molecule has 0 heterocycles. The number of rotatable bonds is 57. The summed E-state index contributed by atoms with van der Waals surface area (Å²) < 4.78 is 0. The third-order valence-electron chi connectivity index (χ3n) is 11.7. The Morgan fingerprint density at radius 3 is 0.955 bits per heavy atom. The van der Waals surface area contributed by atoms with Crippen molar-refractivity contribution in [3.63, 3.8) is 0 Å². The molecule has 0 unspecified atom stereocenters. The van der Waals surface area contributed by atoms with Crippen LogP contribution >= 0.6 is 0 Å². The molecule has 0 rings (SSSR count). The van der Waals surface area contributed by atoms with E-state index in [0.29, 0.717) is 32.7 Å². The number of hydrogen-bond donors (Lipinski definition) is 14. The molecule has 398 valence electrons. The Kier molecular flexibility index (Phi) is 52.9. The van der Waals surface area contributed by atoms with Crippen LogP contribution in [-0.4, -0.2) is 292 Å². The van der Waals surface area contributed by atoms with Crippen molar-refractivity contribution in [2.45, 2.75) is 39.5 Å². The topological polar surface area (TPSA) is 258 Å².